The molecule has 1 atom stereocenters. The van der Waals surface area contributed by atoms with E-state index >= 15 is 0 Å². The monoisotopic (exact) mass is 290 g/mol. The molecule has 1 aromatic carbocycles. The largest absolute Gasteiger partial charge is 0.371 e. The Morgan fingerprint density at radius 3 is 2.90 bits per heavy atom. The molecule has 0 aliphatic heterocycles. The van der Waals surface area contributed by atoms with Crippen molar-refractivity contribution < 1.29 is 9.18 Å². The second-order valence-corrected chi connectivity index (χ2v) is 4.90. The third-order valence-electron chi connectivity index (χ3n) is 3.19. The number of hydrogen-bond acceptors (Lipinski definition) is 3. The Balaban J connectivity index is 2.00. The average Bonchev–Trinajstić information content (AvgIpc) is 2.90. The molecule has 112 valence electrons. The van der Waals surface area contributed by atoms with Crippen LogP contribution >= 0.6 is 0 Å². The minimum absolute atomic E-state index is 0.229. The predicted molar refractivity (Wildman–Crippen MR) is 80.8 cm³/mol. The highest BCUT2D eigenvalue weighted by Crippen LogP contribution is 2.16. The van der Waals surface area contributed by atoms with Crippen LogP contribution in [0.5, 0.6) is 0 Å². The number of rotatable bonds is 5. The standard InChI is InChI=1S/C15H19FN4O/c1-4-20-9-13(8-17-20)18-11(3)15(21)19-14-7-12(16)6-5-10(14)2/h5-9,11,18H,4H2,1-3H3,(H,19,21)/t11-/m1/s1. The van der Waals surface area contributed by atoms with Gasteiger partial charge in [0.15, 0.2) is 0 Å². The van der Waals surface area contributed by atoms with Gasteiger partial charge in [0.2, 0.25) is 5.91 Å². The first-order chi connectivity index (χ1) is 9.99. The maximum absolute atomic E-state index is 13.2. The van der Waals surface area contributed by atoms with E-state index in [2.05, 4.69) is 15.7 Å². The van der Waals surface area contributed by atoms with Crippen molar-refractivity contribution >= 4 is 17.3 Å². The van der Waals surface area contributed by atoms with E-state index in [4.69, 9.17) is 0 Å². The fourth-order valence-corrected chi connectivity index (χ4v) is 1.90. The van der Waals surface area contributed by atoms with Crippen LogP contribution < -0.4 is 10.6 Å². The van der Waals surface area contributed by atoms with Gasteiger partial charge in [0, 0.05) is 18.4 Å². The molecule has 1 amide bonds. The summed E-state index contributed by atoms with van der Waals surface area (Å²) in [5.41, 5.74) is 2.07. The Kier molecular flexibility index (Phi) is 4.57. The average molecular weight is 290 g/mol. The number of aromatic nitrogens is 2. The first kappa shape index (κ1) is 15.0. The molecular formula is C15H19FN4O. The molecule has 1 aromatic heterocycles. The molecule has 0 aliphatic rings. The van der Waals surface area contributed by atoms with Crippen molar-refractivity contribution in [1.82, 2.24) is 9.78 Å². The Morgan fingerprint density at radius 2 is 2.24 bits per heavy atom. The Hall–Kier alpha value is -2.37. The van der Waals surface area contributed by atoms with E-state index in [1.165, 1.54) is 12.1 Å². The maximum atomic E-state index is 13.2. The molecule has 0 bridgehead atoms. The number of aryl methyl sites for hydroxylation is 2. The van der Waals surface area contributed by atoms with Crippen LogP contribution in [0, 0.1) is 12.7 Å². The Bertz CT molecular complexity index is 638. The van der Waals surface area contributed by atoms with E-state index in [0.717, 1.165) is 17.8 Å². The quantitative estimate of drug-likeness (QED) is 0.890. The summed E-state index contributed by atoms with van der Waals surface area (Å²) in [6, 6.07) is 3.86. The third kappa shape index (κ3) is 3.81. The van der Waals surface area contributed by atoms with Gasteiger partial charge in [0.25, 0.3) is 0 Å². The smallest absolute Gasteiger partial charge is 0.246 e. The number of amides is 1. The number of carbonyl (C=O) groups is 1. The number of halogens is 1. The summed E-state index contributed by atoms with van der Waals surface area (Å²) in [4.78, 5) is 12.1. The summed E-state index contributed by atoms with van der Waals surface area (Å²) in [6.45, 7) is 6.32. The number of anilines is 2. The normalized spacial score (nSPS) is 12.0. The van der Waals surface area contributed by atoms with Gasteiger partial charge >= 0.3 is 0 Å². The molecule has 1 heterocycles. The van der Waals surface area contributed by atoms with Crippen LogP contribution in [-0.2, 0) is 11.3 Å². The predicted octanol–water partition coefficient (Wildman–Crippen LogP) is 2.79. The molecule has 2 rings (SSSR count). The lowest BCUT2D eigenvalue weighted by atomic mass is 10.2. The maximum Gasteiger partial charge on any atom is 0.246 e. The van der Waals surface area contributed by atoms with E-state index in [9.17, 15) is 9.18 Å². The summed E-state index contributed by atoms with van der Waals surface area (Å²) in [5, 5.41) is 9.91. The topological polar surface area (TPSA) is 59.0 Å². The van der Waals surface area contributed by atoms with Gasteiger partial charge in [0.05, 0.1) is 11.9 Å². The summed E-state index contributed by atoms with van der Waals surface area (Å²) in [7, 11) is 0. The molecule has 0 fully saturated rings. The van der Waals surface area contributed by atoms with Crippen LogP contribution in [0.2, 0.25) is 0 Å². The van der Waals surface area contributed by atoms with Gasteiger partial charge in [-0.25, -0.2) is 4.39 Å². The van der Waals surface area contributed by atoms with Gasteiger partial charge in [-0.05, 0) is 38.5 Å². The fraction of sp³-hybridized carbons (Fsp3) is 0.333. The highest BCUT2D eigenvalue weighted by molar-refractivity contribution is 5.96. The Labute approximate surface area is 123 Å². The summed E-state index contributed by atoms with van der Waals surface area (Å²) >= 11 is 0. The van der Waals surface area contributed by atoms with Gasteiger partial charge < -0.3 is 10.6 Å². The van der Waals surface area contributed by atoms with Crippen molar-refractivity contribution in [3.05, 3.63) is 42.0 Å². The van der Waals surface area contributed by atoms with Crippen molar-refractivity contribution in [2.24, 2.45) is 0 Å². The second kappa shape index (κ2) is 6.39. The first-order valence-electron chi connectivity index (χ1n) is 6.85. The number of hydrogen-bond donors (Lipinski definition) is 2. The lowest BCUT2D eigenvalue weighted by Crippen LogP contribution is -2.32. The van der Waals surface area contributed by atoms with Gasteiger partial charge in [-0.3, -0.25) is 9.48 Å². The summed E-state index contributed by atoms with van der Waals surface area (Å²) < 4.78 is 15.0. The summed E-state index contributed by atoms with van der Waals surface area (Å²) in [6.07, 6.45) is 3.50. The Morgan fingerprint density at radius 1 is 1.48 bits per heavy atom. The van der Waals surface area contributed by atoms with Crippen LogP contribution in [-0.4, -0.2) is 21.7 Å². The van der Waals surface area contributed by atoms with E-state index in [-0.39, 0.29) is 11.7 Å². The third-order valence-corrected chi connectivity index (χ3v) is 3.19. The number of nitrogens with zero attached hydrogens (tertiary/aromatic N) is 2. The van der Waals surface area contributed by atoms with Gasteiger partial charge in [-0.2, -0.15) is 5.10 Å². The van der Waals surface area contributed by atoms with Crippen molar-refractivity contribution in [3.8, 4) is 0 Å². The zero-order valence-electron chi connectivity index (χ0n) is 12.4. The zero-order chi connectivity index (χ0) is 15.4. The van der Waals surface area contributed by atoms with Crippen molar-refractivity contribution in [1.29, 1.82) is 0 Å². The highest BCUT2D eigenvalue weighted by Gasteiger charge is 2.14. The van der Waals surface area contributed by atoms with E-state index in [1.54, 1.807) is 23.9 Å². The molecule has 6 heteroatoms. The van der Waals surface area contributed by atoms with E-state index < -0.39 is 6.04 Å². The molecule has 0 saturated carbocycles. The van der Waals surface area contributed by atoms with Gasteiger partial charge in [-0.1, -0.05) is 6.07 Å². The molecule has 21 heavy (non-hydrogen) atoms. The number of nitrogens with one attached hydrogen (secondary N) is 2. The number of benzene rings is 1. The molecule has 2 N–H and O–H groups in total. The van der Waals surface area contributed by atoms with Gasteiger partial charge in [-0.15, -0.1) is 0 Å². The van der Waals surface area contributed by atoms with Crippen LogP contribution in [0.3, 0.4) is 0 Å². The minimum Gasteiger partial charge on any atom is -0.371 e. The molecule has 0 spiro atoms. The lowest BCUT2D eigenvalue weighted by Gasteiger charge is -2.15. The van der Waals surface area contributed by atoms with Crippen molar-refractivity contribution in [2.45, 2.75) is 33.4 Å². The van der Waals surface area contributed by atoms with Gasteiger partial charge in [0.1, 0.15) is 11.9 Å². The van der Waals surface area contributed by atoms with Crippen molar-refractivity contribution in [2.75, 3.05) is 10.6 Å². The molecule has 0 aliphatic carbocycles. The molecule has 5 nitrogen and oxygen atoms in total. The fourth-order valence-electron chi connectivity index (χ4n) is 1.90. The molecule has 0 saturated heterocycles. The highest BCUT2D eigenvalue weighted by atomic mass is 19.1. The van der Waals surface area contributed by atoms with Crippen LogP contribution in [0.4, 0.5) is 15.8 Å². The van der Waals surface area contributed by atoms with E-state index in [0.29, 0.717) is 5.69 Å². The van der Waals surface area contributed by atoms with Crippen LogP contribution in [0.15, 0.2) is 30.6 Å². The van der Waals surface area contributed by atoms with E-state index in [1.807, 2.05) is 20.0 Å². The van der Waals surface area contributed by atoms with Crippen LogP contribution in [0.1, 0.15) is 19.4 Å². The first-order valence-corrected chi connectivity index (χ1v) is 6.85. The molecule has 0 unspecified atom stereocenters. The van der Waals surface area contributed by atoms with Crippen molar-refractivity contribution in [3.63, 3.8) is 0 Å². The SMILES string of the molecule is CCn1cc(N[C@H](C)C(=O)Nc2cc(F)ccc2C)cn1. The molecule has 2 aromatic rings. The zero-order valence-corrected chi connectivity index (χ0v) is 12.4. The second-order valence-electron chi connectivity index (χ2n) is 4.90. The molecule has 0 radical (unpaired) electrons. The number of carbonyl (C=O) groups excluding carboxylic acids is 1. The molecular weight excluding hydrogens is 271 g/mol. The summed E-state index contributed by atoms with van der Waals surface area (Å²) in [5.74, 6) is -0.603. The lowest BCUT2D eigenvalue weighted by molar-refractivity contribution is -0.116. The minimum atomic E-state index is -0.456. The van der Waals surface area contributed by atoms with Crippen LogP contribution in [0.25, 0.3) is 0 Å².